The van der Waals surface area contributed by atoms with Gasteiger partial charge in [0.05, 0.1) is 11.4 Å². The molecule has 1 aromatic carbocycles. The highest BCUT2D eigenvalue weighted by atomic mass is 35.5. The molecule has 0 radical (unpaired) electrons. The van der Waals surface area contributed by atoms with Gasteiger partial charge in [0.1, 0.15) is 6.33 Å². The highest BCUT2D eigenvalue weighted by Crippen LogP contribution is 2.30. The van der Waals surface area contributed by atoms with E-state index in [0.717, 1.165) is 30.1 Å². The highest BCUT2D eigenvalue weighted by molar-refractivity contribution is 6.31. The minimum atomic E-state index is -0.0610. The summed E-state index contributed by atoms with van der Waals surface area (Å²) in [5.74, 6) is 0.687. The number of rotatable bonds is 4. The topological polar surface area (TPSA) is 63.9 Å². The fourth-order valence-electron chi connectivity index (χ4n) is 3.66. The lowest BCUT2D eigenvalue weighted by Gasteiger charge is -2.40. The van der Waals surface area contributed by atoms with Crippen LogP contribution in [-0.2, 0) is 13.0 Å². The van der Waals surface area contributed by atoms with Gasteiger partial charge >= 0.3 is 0 Å². The Hall–Kier alpha value is -2.73. The number of aromatic nitrogens is 4. The Bertz CT molecular complexity index is 1050. The molecule has 1 aliphatic heterocycles. The van der Waals surface area contributed by atoms with Gasteiger partial charge < -0.3 is 4.90 Å². The first-order valence-corrected chi connectivity index (χ1v) is 9.67. The largest absolute Gasteiger partial charge is 0.341 e. The van der Waals surface area contributed by atoms with Crippen LogP contribution >= 0.6 is 11.6 Å². The van der Waals surface area contributed by atoms with Crippen molar-refractivity contribution in [2.24, 2.45) is 5.41 Å². The first kappa shape index (κ1) is 18.6. The number of hydrogen-bond acceptors (Lipinski definition) is 5. The number of benzene rings is 1. The molecule has 4 rings (SSSR count). The molecule has 0 amide bonds. The maximum atomic E-state index is 12.9. The fourth-order valence-corrected chi connectivity index (χ4v) is 3.89. The van der Waals surface area contributed by atoms with Gasteiger partial charge in [-0.3, -0.25) is 9.36 Å². The van der Waals surface area contributed by atoms with Gasteiger partial charge in [-0.2, -0.15) is 0 Å². The lowest BCUT2D eigenvalue weighted by atomic mass is 9.91. The Balaban J connectivity index is 1.71. The molecule has 0 fully saturated rings. The van der Waals surface area contributed by atoms with Gasteiger partial charge in [0.25, 0.3) is 5.56 Å². The summed E-state index contributed by atoms with van der Waals surface area (Å²) in [6.07, 6.45) is 3.90. The third-order valence-corrected chi connectivity index (χ3v) is 5.30. The first-order chi connectivity index (χ1) is 13.4. The molecule has 0 atom stereocenters. The molecule has 144 valence electrons. The van der Waals surface area contributed by atoms with Crippen LogP contribution in [0.5, 0.6) is 0 Å². The molecule has 0 aliphatic carbocycles. The van der Waals surface area contributed by atoms with E-state index in [1.165, 1.54) is 6.33 Å². The number of anilines is 1. The minimum absolute atomic E-state index is 0.0323. The fraction of sp³-hybridized carbons (Fsp3) is 0.333. The number of fused-ring (bicyclic) bond motifs is 1. The Labute approximate surface area is 168 Å². The Morgan fingerprint density at radius 2 is 1.96 bits per heavy atom. The minimum Gasteiger partial charge on any atom is -0.341 e. The van der Waals surface area contributed by atoms with Crippen LogP contribution in [0.1, 0.15) is 19.4 Å². The Morgan fingerprint density at radius 3 is 2.71 bits per heavy atom. The lowest BCUT2D eigenvalue weighted by molar-refractivity contribution is 0.274. The van der Waals surface area contributed by atoms with Crippen LogP contribution in [0.15, 0.2) is 53.7 Å². The lowest BCUT2D eigenvalue weighted by Crippen LogP contribution is -2.48. The standard InChI is InChI=1S/C21H22ClN5O/c1-21(2)12-26(10-8-15-5-3-4-6-16(15)22)20-25-18(11-19(28)27(20)13-21)17-7-9-23-14-24-17/h3-7,9,11,14H,8,10,12-13H2,1-2H3. The van der Waals surface area contributed by atoms with Crippen molar-refractivity contribution in [1.82, 2.24) is 19.5 Å². The van der Waals surface area contributed by atoms with Gasteiger partial charge in [-0.25, -0.2) is 15.0 Å². The van der Waals surface area contributed by atoms with Crippen LogP contribution in [0.25, 0.3) is 11.4 Å². The summed E-state index contributed by atoms with van der Waals surface area (Å²) in [5.41, 5.74) is 2.21. The average molecular weight is 396 g/mol. The van der Waals surface area contributed by atoms with Crippen molar-refractivity contribution >= 4 is 17.5 Å². The van der Waals surface area contributed by atoms with Crippen molar-refractivity contribution in [1.29, 1.82) is 0 Å². The molecule has 1 aliphatic rings. The molecule has 3 aromatic rings. The van der Waals surface area contributed by atoms with Crippen LogP contribution in [0.2, 0.25) is 5.02 Å². The van der Waals surface area contributed by atoms with E-state index in [2.05, 4.69) is 28.7 Å². The summed E-state index contributed by atoms with van der Waals surface area (Å²) in [7, 11) is 0. The molecule has 0 saturated heterocycles. The van der Waals surface area contributed by atoms with Gasteiger partial charge in [-0.15, -0.1) is 0 Å². The van der Waals surface area contributed by atoms with Crippen LogP contribution in [0, 0.1) is 5.41 Å². The van der Waals surface area contributed by atoms with Crippen molar-refractivity contribution in [2.75, 3.05) is 18.0 Å². The van der Waals surface area contributed by atoms with Crippen molar-refractivity contribution in [3.63, 3.8) is 0 Å². The maximum Gasteiger partial charge on any atom is 0.255 e. The monoisotopic (exact) mass is 395 g/mol. The summed E-state index contributed by atoms with van der Waals surface area (Å²) >= 11 is 6.33. The number of nitrogens with zero attached hydrogens (tertiary/aromatic N) is 5. The van der Waals surface area contributed by atoms with Crippen LogP contribution in [-0.4, -0.2) is 32.6 Å². The van der Waals surface area contributed by atoms with Gasteiger partial charge in [0.15, 0.2) is 0 Å². The first-order valence-electron chi connectivity index (χ1n) is 9.30. The average Bonchev–Trinajstić information content (AvgIpc) is 2.68. The Morgan fingerprint density at radius 1 is 1.14 bits per heavy atom. The zero-order valence-electron chi connectivity index (χ0n) is 16.0. The van der Waals surface area contributed by atoms with E-state index < -0.39 is 0 Å². The normalized spacial score (nSPS) is 15.3. The zero-order chi connectivity index (χ0) is 19.7. The molecule has 0 bridgehead atoms. The number of halogens is 1. The van der Waals surface area contributed by atoms with Gasteiger partial charge in [0.2, 0.25) is 5.95 Å². The van der Waals surface area contributed by atoms with Crippen molar-refractivity contribution in [3.8, 4) is 11.4 Å². The van der Waals surface area contributed by atoms with Gasteiger partial charge in [0, 0.05) is 42.3 Å². The second-order valence-corrected chi connectivity index (χ2v) is 8.29. The third kappa shape index (κ3) is 3.78. The van der Waals surface area contributed by atoms with Crippen LogP contribution in [0.4, 0.5) is 5.95 Å². The summed E-state index contributed by atoms with van der Waals surface area (Å²) in [6.45, 7) is 6.52. The molecule has 0 spiro atoms. The van der Waals surface area contributed by atoms with Crippen molar-refractivity contribution in [3.05, 3.63) is 69.9 Å². The SMILES string of the molecule is CC1(C)CN(CCc2ccccc2Cl)c2nc(-c3ccncn3)cc(=O)n2C1. The van der Waals surface area contributed by atoms with Crippen LogP contribution < -0.4 is 10.5 Å². The second kappa shape index (κ2) is 7.36. The quantitative estimate of drug-likeness (QED) is 0.677. The summed E-state index contributed by atoms with van der Waals surface area (Å²) < 4.78 is 1.76. The van der Waals surface area contributed by atoms with E-state index in [0.29, 0.717) is 23.9 Å². The zero-order valence-corrected chi connectivity index (χ0v) is 16.7. The number of hydrogen-bond donors (Lipinski definition) is 0. The van der Waals surface area contributed by atoms with E-state index in [1.807, 2.05) is 24.3 Å². The molecular formula is C21H22ClN5O. The van der Waals surface area contributed by atoms with Gasteiger partial charge in [-0.1, -0.05) is 43.6 Å². The molecule has 0 unspecified atom stereocenters. The smallest absolute Gasteiger partial charge is 0.255 e. The predicted octanol–water partition coefficient (Wildman–Crippen LogP) is 3.44. The van der Waals surface area contributed by atoms with E-state index in [1.54, 1.807) is 22.9 Å². The van der Waals surface area contributed by atoms with Gasteiger partial charge in [-0.05, 0) is 24.1 Å². The molecule has 28 heavy (non-hydrogen) atoms. The van der Waals surface area contributed by atoms with Crippen molar-refractivity contribution < 1.29 is 0 Å². The summed E-state index contributed by atoms with van der Waals surface area (Å²) in [5, 5.41) is 0.763. The summed E-state index contributed by atoms with van der Waals surface area (Å²) in [6, 6.07) is 11.2. The van der Waals surface area contributed by atoms with E-state index in [9.17, 15) is 4.79 Å². The van der Waals surface area contributed by atoms with E-state index in [4.69, 9.17) is 16.6 Å². The molecule has 7 heteroatoms. The molecule has 6 nitrogen and oxygen atoms in total. The highest BCUT2D eigenvalue weighted by Gasteiger charge is 2.32. The molecular weight excluding hydrogens is 374 g/mol. The summed E-state index contributed by atoms with van der Waals surface area (Å²) in [4.78, 5) is 28.0. The maximum absolute atomic E-state index is 12.9. The molecule has 0 saturated carbocycles. The predicted molar refractivity (Wildman–Crippen MR) is 111 cm³/mol. The van der Waals surface area contributed by atoms with E-state index in [-0.39, 0.29) is 11.0 Å². The van der Waals surface area contributed by atoms with E-state index >= 15 is 0 Å². The van der Waals surface area contributed by atoms with Crippen LogP contribution in [0.3, 0.4) is 0 Å². The molecule has 0 N–H and O–H groups in total. The second-order valence-electron chi connectivity index (χ2n) is 7.89. The third-order valence-electron chi connectivity index (χ3n) is 4.93. The Kier molecular flexibility index (Phi) is 4.89. The van der Waals surface area contributed by atoms with Crippen molar-refractivity contribution in [2.45, 2.75) is 26.8 Å². The molecule has 2 aromatic heterocycles. The molecule has 3 heterocycles.